The predicted molar refractivity (Wildman–Crippen MR) is 56.7 cm³/mol. The van der Waals surface area contributed by atoms with Crippen LogP contribution in [0.1, 0.15) is 36.8 Å². The van der Waals surface area contributed by atoms with Gasteiger partial charge in [-0.1, -0.05) is 0 Å². The monoisotopic (exact) mass is 210 g/mol. The fraction of sp³-hybridized carbons (Fsp3) is 0.727. The minimum absolute atomic E-state index is 0.352. The third-order valence-electron chi connectivity index (χ3n) is 2.71. The van der Waals surface area contributed by atoms with Gasteiger partial charge in [0.15, 0.2) is 5.89 Å². The molecule has 1 aliphatic rings. The zero-order chi connectivity index (χ0) is 10.5. The first kappa shape index (κ1) is 10.6. The Hall–Kier alpha value is -0.870. The van der Waals surface area contributed by atoms with Gasteiger partial charge < -0.3 is 14.9 Å². The second kappa shape index (κ2) is 5.28. The van der Waals surface area contributed by atoms with Gasteiger partial charge >= 0.3 is 0 Å². The third kappa shape index (κ3) is 2.79. The average Bonchev–Trinajstić information content (AvgIpc) is 2.76. The minimum atomic E-state index is 0.352. The molecule has 0 bridgehead atoms. The number of nitrogens with two attached hydrogens (primary N) is 1. The number of ether oxygens (including phenoxy) is 1. The molecule has 2 N–H and O–H groups in total. The second-order valence-electron chi connectivity index (χ2n) is 3.97. The summed E-state index contributed by atoms with van der Waals surface area (Å²) in [5.74, 6) is 2.13. The predicted octanol–water partition coefficient (Wildman–Crippen LogP) is 1.46. The number of nitrogens with zero attached hydrogens (tertiary/aromatic N) is 1. The molecule has 0 aliphatic carbocycles. The summed E-state index contributed by atoms with van der Waals surface area (Å²) in [4.78, 5) is 4.31. The lowest BCUT2D eigenvalue weighted by atomic mass is 10.0. The van der Waals surface area contributed by atoms with Gasteiger partial charge in [-0.15, -0.1) is 0 Å². The first-order valence-corrected chi connectivity index (χ1v) is 5.62. The van der Waals surface area contributed by atoms with Gasteiger partial charge in [-0.2, -0.15) is 0 Å². The second-order valence-corrected chi connectivity index (χ2v) is 3.97. The summed E-state index contributed by atoms with van der Waals surface area (Å²) in [7, 11) is 0. The van der Waals surface area contributed by atoms with Crippen LogP contribution in [0, 0.1) is 0 Å². The van der Waals surface area contributed by atoms with E-state index in [0.717, 1.165) is 50.5 Å². The van der Waals surface area contributed by atoms with Gasteiger partial charge in [-0.3, -0.25) is 0 Å². The Morgan fingerprint density at radius 1 is 1.53 bits per heavy atom. The highest BCUT2D eigenvalue weighted by Gasteiger charge is 2.20. The zero-order valence-corrected chi connectivity index (χ0v) is 8.95. The molecule has 1 aromatic heterocycles. The van der Waals surface area contributed by atoms with E-state index in [9.17, 15) is 0 Å². The molecule has 0 saturated carbocycles. The lowest BCUT2D eigenvalue weighted by molar-refractivity contribution is 0.0722. The van der Waals surface area contributed by atoms with E-state index >= 15 is 0 Å². The minimum Gasteiger partial charge on any atom is -0.445 e. The first-order chi connectivity index (χ1) is 7.40. The van der Waals surface area contributed by atoms with Gasteiger partial charge in [0.05, 0.1) is 18.7 Å². The van der Waals surface area contributed by atoms with E-state index in [4.69, 9.17) is 14.9 Å². The lowest BCUT2D eigenvalue weighted by Crippen LogP contribution is -2.15. The molecule has 2 heterocycles. The molecule has 0 amide bonds. The highest BCUT2D eigenvalue weighted by Crippen LogP contribution is 2.25. The molecule has 0 radical (unpaired) electrons. The van der Waals surface area contributed by atoms with E-state index in [1.54, 1.807) is 0 Å². The zero-order valence-electron chi connectivity index (χ0n) is 8.95. The van der Waals surface area contributed by atoms with Crippen molar-refractivity contribution in [2.24, 2.45) is 5.73 Å². The molecule has 1 unspecified atom stereocenters. The van der Waals surface area contributed by atoms with Crippen molar-refractivity contribution < 1.29 is 9.15 Å². The van der Waals surface area contributed by atoms with Crippen molar-refractivity contribution in [2.45, 2.75) is 31.6 Å². The Balaban J connectivity index is 1.93. The lowest BCUT2D eigenvalue weighted by Gasteiger charge is -2.18. The molecule has 1 saturated heterocycles. The Labute approximate surface area is 89.8 Å². The van der Waals surface area contributed by atoms with E-state index in [2.05, 4.69) is 4.98 Å². The van der Waals surface area contributed by atoms with Gasteiger partial charge in [-0.25, -0.2) is 4.98 Å². The normalized spacial score (nSPS) is 21.8. The van der Waals surface area contributed by atoms with Crippen LogP contribution >= 0.6 is 0 Å². The van der Waals surface area contributed by atoms with Gasteiger partial charge in [0, 0.05) is 13.0 Å². The molecule has 84 valence electrons. The van der Waals surface area contributed by atoms with Crippen LogP contribution in [0.5, 0.6) is 0 Å². The third-order valence-corrected chi connectivity index (χ3v) is 2.71. The highest BCUT2D eigenvalue weighted by atomic mass is 16.5. The Morgan fingerprint density at radius 2 is 2.47 bits per heavy atom. The Morgan fingerprint density at radius 3 is 3.20 bits per heavy atom. The topological polar surface area (TPSA) is 61.3 Å². The summed E-state index contributed by atoms with van der Waals surface area (Å²) in [6, 6.07) is 0. The molecular weight excluding hydrogens is 192 g/mol. The van der Waals surface area contributed by atoms with Crippen LogP contribution in [0.3, 0.4) is 0 Å². The highest BCUT2D eigenvalue weighted by molar-refractivity contribution is 5.00. The van der Waals surface area contributed by atoms with Gasteiger partial charge in [0.25, 0.3) is 0 Å². The Bertz CT molecular complexity index is 293. The molecule has 1 fully saturated rings. The smallest absolute Gasteiger partial charge is 0.199 e. The van der Waals surface area contributed by atoms with Crippen LogP contribution in [0.25, 0.3) is 0 Å². The maximum atomic E-state index is 5.68. The molecule has 1 aromatic rings. The summed E-state index contributed by atoms with van der Waals surface area (Å²) in [5, 5.41) is 0. The SMILES string of the molecule is NCCCc1cnc(C2CCCOC2)o1. The Kier molecular flexibility index (Phi) is 3.75. The van der Waals surface area contributed by atoms with Crippen LogP contribution < -0.4 is 5.73 Å². The van der Waals surface area contributed by atoms with E-state index in [0.29, 0.717) is 12.5 Å². The number of hydrogen-bond donors (Lipinski definition) is 1. The maximum Gasteiger partial charge on any atom is 0.199 e. The summed E-state index contributed by atoms with van der Waals surface area (Å²) in [6.45, 7) is 2.32. The van der Waals surface area contributed by atoms with Crippen molar-refractivity contribution in [1.29, 1.82) is 0 Å². The molecule has 2 rings (SSSR count). The number of aryl methyl sites for hydroxylation is 1. The molecular formula is C11H18N2O2. The van der Waals surface area contributed by atoms with Crippen molar-refractivity contribution in [3.8, 4) is 0 Å². The molecule has 4 nitrogen and oxygen atoms in total. The van der Waals surface area contributed by atoms with Crippen LogP contribution in [0.2, 0.25) is 0 Å². The summed E-state index contributed by atoms with van der Waals surface area (Å²) in [5.41, 5.74) is 5.44. The van der Waals surface area contributed by atoms with Crippen molar-refractivity contribution in [1.82, 2.24) is 4.98 Å². The molecule has 1 atom stereocenters. The van der Waals surface area contributed by atoms with Gasteiger partial charge in [0.2, 0.25) is 0 Å². The molecule has 4 heteroatoms. The van der Waals surface area contributed by atoms with Gasteiger partial charge in [-0.05, 0) is 25.8 Å². The van der Waals surface area contributed by atoms with Crippen LogP contribution in [-0.2, 0) is 11.2 Å². The van der Waals surface area contributed by atoms with Crippen LogP contribution in [0.4, 0.5) is 0 Å². The average molecular weight is 210 g/mol. The number of oxazole rings is 1. The largest absolute Gasteiger partial charge is 0.445 e. The summed E-state index contributed by atoms with van der Waals surface area (Å²) < 4.78 is 11.1. The van der Waals surface area contributed by atoms with Crippen molar-refractivity contribution >= 4 is 0 Å². The van der Waals surface area contributed by atoms with E-state index < -0.39 is 0 Å². The summed E-state index contributed by atoms with van der Waals surface area (Å²) >= 11 is 0. The molecule has 0 aromatic carbocycles. The fourth-order valence-corrected chi connectivity index (χ4v) is 1.84. The van der Waals surface area contributed by atoms with Crippen molar-refractivity contribution in [3.63, 3.8) is 0 Å². The fourth-order valence-electron chi connectivity index (χ4n) is 1.84. The maximum absolute atomic E-state index is 5.68. The number of aromatic nitrogens is 1. The number of rotatable bonds is 4. The molecule has 1 aliphatic heterocycles. The first-order valence-electron chi connectivity index (χ1n) is 5.62. The standard InChI is InChI=1S/C11H18N2O2/c12-5-1-4-10-7-13-11(15-10)9-3-2-6-14-8-9/h7,9H,1-6,8,12H2. The molecule has 15 heavy (non-hydrogen) atoms. The quantitative estimate of drug-likeness (QED) is 0.817. The van der Waals surface area contributed by atoms with E-state index in [1.807, 2.05) is 6.20 Å². The molecule has 0 spiro atoms. The van der Waals surface area contributed by atoms with Crippen LogP contribution in [0.15, 0.2) is 10.6 Å². The van der Waals surface area contributed by atoms with E-state index in [-0.39, 0.29) is 0 Å². The van der Waals surface area contributed by atoms with Crippen molar-refractivity contribution in [2.75, 3.05) is 19.8 Å². The van der Waals surface area contributed by atoms with E-state index in [1.165, 1.54) is 0 Å². The van der Waals surface area contributed by atoms with Crippen LogP contribution in [-0.4, -0.2) is 24.7 Å². The summed E-state index contributed by atoms with van der Waals surface area (Å²) in [6.07, 6.45) is 5.88. The van der Waals surface area contributed by atoms with Gasteiger partial charge in [0.1, 0.15) is 5.76 Å². The van der Waals surface area contributed by atoms with Crippen molar-refractivity contribution in [3.05, 3.63) is 17.8 Å². The number of hydrogen-bond acceptors (Lipinski definition) is 4.